The number of hydrogen-bond acceptors (Lipinski definition) is 4. The summed E-state index contributed by atoms with van der Waals surface area (Å²) in [5.41, 5.74) is 2.70. The van der Waals surface area contributed by atoms with E-state index in [0.29, 0.717) is 24.6 Å². The van der Waals surface area contributed by atoms with Crippen LogP contribution in [0.15, 0.2) is 42.5 Å². The van der Waals surface area contributed by atoms with Crippen molar-refractivity contribution in [1.29, 1.82) is 0 Å². The van der Waals surface area contributed by atoms with E-state index in [1.54, 1.807) is 4.90 Å². The van der Waals surface area contributed by atoms with Crippen molar-refractivity contribution < 1.29 is 24.2 Å². The van der Waals surface area contributed by atoms with E-state index in [2.05, 4.69) is 0 Å². The van der Waals surface area contributed by atoms with Crippen molar-refractivity contribution in [3.05, 3.63) is 53.6 Å². The molecule has 1 amide bonds. The molecule has 1 aliphatic rings. The van der Waals surface area contributed by atoms with Gasteiger partial charge in [0.15, 0.2) is 6.10 Å². The topological polar surface area (TPSA) is 76.1 Å². The fourth-order valence-electron chi connectivity index (χ4n) is 2.91. The number of aliphatic carboxylic acids is 1. The molecule has 0 spiro atoms. The number of ether oxygens (including phenoxy) is 2. The van der Waals surface area contributed by atoms with Crippen LogP contribution in [-0.4, -0.2) is 36.2 Å². The second-order valence-electron chi connectivity index (χ2n) is 6.33. The third kappa shape index (κ3) is 3.96. The summed E-state index contributed by atoms with van der Waals surface area (Å²) >= 11 is 0. The summed E-state index contributed by atoms with van der Waals surface area (Å²) in [6.07, 6.45) is -1.40. The van der Waals surface area contributed by atoms with Crippen LogP contribution in [0, 0.1) is 13.8 Å². The van der Waals surface area contributed by atoms with Crippen molar-refractivity contribution in [1.82, 2.24) is 0 Å². The van der Waals surface area contributed by atoms with Gasteiger partial charge in [-0.2, -0.15) is 0 Å². The molecule has 2 aromatic carbocycles. The molecule has 0 saturated heterocycles. The van der Waals surface area contributed by atoms with Gasteiger partial charge in [0.1, 0.15) is 18.1 Å². The number of rotatable bonds is 6. The first-order valence-electron chi connectivity index (χ1n) is 8.44. The Morgan fingerprint density at radius 2 is 1.96 bits per heavy atom. The number of aryl methyl sites for hydroxylation is 2. The van der Waals surface area contributed by atoms with Crippen LogP contribution >= 0.6 is 0 Å². The highest BCUT2D eigenvalue weighted by molar-refractivity contribution is 6.01. The highest BCUT2D eigenvalue weighted by Crippen LogP contribution is 2.35. The molecule has 0 bridgehead atoms. The summed E-state index contributed by atoms with van der Waals surface area (Å²) in [5, 5.41) is 9.05. The molecule has 136 valence electrons. The lowest BCUT2D eigenvalue weighted by Crippen LogP contribution is -2.48. The first kappa shape index (κ1) is 17.8. The van der Waals surface area contributed by atoms with Crippen molar-refractivity contribution in [2.24, 2.45) is 0 Å². The Morgan fingerprint density at radius 1 is 1.19 bits per heavy atom. The van der Waals surface area contributed by atoms with Crippen molar-refractivity contribution in [3.8, 4) is 11.5 Å². The van der Waals surface area contributed by atoms with Crippen LogP contribution in [0.1, 0.15) is 17.5 Å². The normalized spacial score (nSPS) is 16.0. The van der Waals surface area contributed by atoms with Crippen LogP contribution < -0.4 is 14.4 Å². The van der Waals surface area contributed by atoms with Gasteiger partial charge < -0.3 is 19.5 Å². The Bertz CT molecular complexity index is 833. The van der Waals surface area contributed by atoms with Gasteiger partial charge in [0, 0.05) is 0 Å². The molecular weight excluding hydrogens is 334 g/mol. The molecule has 1 heterocycles. The van der Waals surface area contributed by atoms with Crippen LogP contribution in [0.4, 0.5) is 5.69 Å². The Morgan fingerprint density at radius 3 is 2.69 bits per heavy atom. The van der Waals surface area contributed by atoms with Crippen molar-refractivity contribution in [3.63, 3.8) is 0 Å². The molecule has 0 aliphatic carbocycles. The molecule has 26 heavy (non-hydrogen) atoms. The predicted molar refractivity (Wildman–Crippen MR) is 96.9 cm³/mol. The number of carboxylic acid groups (broad SMARTS) is 1. The van der Waals surface area contributed by atoms with Crippen LogP contribution in [-0.2, 0) is 9.59 Å². The van der Waals surface area contributed by atoms with Gasteiger partial charge in [0.2, 0.25) is 0 Å². The first-order valence-corrected chi connectivity index (χ1v) is 8.44. The number of carbonyl (C=O) groups excluding carboxylic acids is 1. The van der Waals surface area contributed by atoms with E-state index >= 15 is 0 Å². The Kier molecular flexibility index (Phi) is 5.11. The number of hydrogen-bond donors (Lipinski definition) is 1. The first-order chi connectivity index (χ1) is 12.4. The fourth-order valence-corrected chi connectivity index (χ4v) is 2.91. The van der Waals surface area contributed by atoms with E-state index in [-0.39, 0.29) is 12.3 Å². The summed E-state index contributed by atoms with van der Waals surface area (Å²) in [5.74, 6) is -0.185. The molecule has 1 atom stereocenters. The SMILES string of the molecule is Cc1cccc(OCCN2C(=O)C(CC(=O)O)Oc3cc(C)ccc32)c1. The van der Waals surface area contributed by atoms with Crippen molar-refractivity contribution >= 4 is 17.6 Å². The van der Waals surface area contributed by atoms with Gasteiger partial charge >= 0.3 is 5.97 Å². The van der Waals surface area contributed by atoms with Crippen LogP contribution in [0.2, 0.25) is 0 Å². The van der Waals surface area contributed by atoms with Gasteiger partial charge in [-0.3, -0.25) is 9.59 Å². The summed E-state index contributed by atoms with van der Waals surface area (Å²) in [7, 11) is 0. The summed E-state index contributed by atoms with van der Waals surface area (Å²) in [4.78, 5) is 25.3. The predicted octanol–water partition coefficient (Wildman–Crippen LogP) is 2.95. The lowest BCUT2D eigenvalue weighted by Gasteiger charge is -2.34. The maximum Gasteiger partial charge on any atom is 0.307 e. The van der Waals surface area contributed by atoms with Crippen LogP contribution in [0.5, 0.6) is 11.5 Å². The zero-order valence-electron chi connectivity index (χ0n) is 14.8. The largest absolute Gasteiger partial charge is 0.492 e. The minimum Gasteiger partial charge on any atom is -0.492 e. The van der Waals surface area contributed by atoms with E-state index in [0.717, 1.165) is 16.9 Å². The molecule has 6 nitrogen and oxygen atoms in total. The molecule has 0 aromatic heterocycles. The van der Waals surface area contributed by atoms with Gasteiger partial charge in [-0.15, -0.1) is 0 Å². The van der Waals surface area contributed by atoms with E-state index in [1.807, 2.05) is 56.3 Å². The minimum atomic E-state index is -1.07. The second kappa shape index (κ2) is 7.47. The Labute approximate surface area is 152 Å². The average Bonchev–Trinajstić information content (AvgIpc) is 2.57. The van der Waals surface area contributed by atoms with Gasteiger partial charge in [0.25, 0.3) is 5.91 Å². The van der Waals surface area contributed by atoms with Crippen LogP contribution in [0.25, 0.3) is 0 Å². The number of benzene rings is 2. The van der Waals surface area contributed by atoms with E-state index < -0.39 is 12.1 Å². The number of anilines is 1. The number of carboxylic acids is 1. The molecule has 6 heteroatoms. The lowest BCUT2D eigenvalue weighted by atomic mass is 10.1. The third-order valence-electron chi connectivity index (χ3n) is 4.15. The van der Waals surface area contributed by atoms with Crippen molar-refractivity contribution in [2.75, 3.05) is 18.1 Å². The summed E-state index contributed by atoms with van der Waals surface area (Å²) in [6, 6.07) is 13.2. The number of carbonyl (C=O) groups is 2. The summed E-state index contributed by atoms with van der Waals surface area (Å²) < 4.78 is 11.4. The highest BCUT2D eigenvalue weighted by Gasteiger charge is 2.35. The van der Waals surface area contributed by atoms with E-state index in [1.165, 1.54) is 0 Å². The molecule has 0 radical (unpaired) electrons. The Hall–Kier alpha value is -3.02. The second-order valence-corrected chi connectivity index (χ2v) is 6.33. The number of nitrogens with zero attached hydrogens (tertiary/aromatic N) is 1. The standard InChI is InChI=1S/C20H21NO5/c1-13-4-3-5-15(10-13)25-9-8-21-16-7-6-14(2)11-17(16)26-18(20(21)24)12-19(22)23/h3-7,10-11,18H,8-9,12H2,1-2H3,(H,22,23). The molecule has 2 aromatic rings. The minimum absolute atomic E-state index is 0.294. The molecule has 0 saturated carbocycles. The maximum atomic E-state index is 12.7. The molecular formula is C20H21NO5. The smallest absolute Gasteiger partial charge is 0.307 e. The molecule has 0 fully saturated rings. The zero-order valence-corrected chi connectivity index (χ0v) is 14.8. The van der Waals surface area contributed by atoms with Gasteiger partial charge in [0.05, 0.1) is 18.7 Å². The highest BCUT2D eigenvalue weighted by atomic mass is 16.5. The fraction of sp³-hybridized carbons (Fsp3) is 0.300. The third-order valence-corrected chi connectivity index (χ3v) is 4.15. The molecule has 1 aliphatic heterocycles. The van der Waals surface area contributed by atoms with E-state index in [9.17, 15) is 9.59 Å². The van der Waals surface area contributed by atoms with Gasteiger partial charge in [-0.25, -0.2) is 0 Å². The molecule has 1 N–H and O–H groups in total. The lowest BCUT2D eigenvalue weighted by molar-refractivity contribution is -0.142. The molecule has 3 rings (SSSR count). The van der Waals surface area contributed by atoms with Gasteiger partial charge in [-0.05, 0) is 49.2 Å². The quantitative estimate of drug-likeness (QED) is 0.862. The van der Waals surface area contributed by atoms with Gasteiger partial charge in [-0.1, -0.05) is 18.2 Å². The van der Waals surface area contributed by atoms with Crippen molar-refractivity contribution in [2.45, 2.75) is 26.4 Å². The molecule has 1 unspecified atom stereocenters. The number of fused-ring (bicyclic) bond motifs is 1. The monoisotopic (exact) mass is 355 g/mol. The Balaban J connectivity index is 1.77. The summed E-state index contributed by atoms with van der Waals surface area (Å²) in [6.45, 7) is 4.50. The zero-order chi connectivity index (χ0) is 18.7. The maximum absolute atomic E-state index is 12.7. The number of amides is 1. The van der Waals surface area contributed by atoms with Crippen LogP contribution in [0.3, 0.4) is 0 Å². The van der Waals surface area contributed by atoms with E-state index in [4.69, 9.17) is 14.6 Å². The average molecular weight is 355 g/mol.